The van der Waals surface area contributed by atoms with Gasteiger partial charge in [0, 0.05) is 11.6 Å². The van der Waals surface area contributed by atoms with Crippen LogP contribution in [0.5, 0.6) is 0 Å². The fourth-order valence-electron chi connectivity index (χ4n) is 1.61. The highest BCUT2D eigenvalue weighted by Gasteiger charge is 2.14. The Hall–Kier alpha value is -2.77. The molecule has 0 spiro atoms. The minimum Gasteiger partial charge on any atom is -0.293 e. The summed E-state index contributed by atoms with van der Waals surface area (Å²) in [5, 5.41) is 10.8. The van der Waals surface area contributed by atoms with Crippen LogP contribution in [0.2, 0.25) is 0 Å². The van der Waals surface area contributed by atoms with Crippen molar-refractivity contribution >= 4 is 5.69 Å². The number of nitrogens with zero attached hydrogens (tertiary/aromatic N) is 2. The number of H-pyrrole nitrogens is 1. The van der Waals surface area contributed by atoms with E-state index in [-0.39, 0.29) is 17.8 Å². The van der Waals surface area contributed by atoms with E-state index in [1.807, 2.05) is 0 Å². The molecule has 0 bridgehead atoms. The van der Waals surface area contributed by atoms with Gasteiger partial charge in [0.25, 0.3) is 11.2 Å². The lowest BCUT2D eigenvalue weighted by Gasteiger charge is -2.05. The number of hydrogen-bond donors (Lipinski definition) is 1. The molecular formula is C11H8FN3O4. The van der Waals surface area contributed by atoms with Crippen molar-refractivity contribution in [3.05, 3.63) is 72.8 Å². The van der Waals surface area contributed by atoms with Gasteiger partial charge >= 0.3 is 5.69 Å². The Balaban J connectivity index is 2.48. The van der Waals surface area contributed by atoms with E-state index in [4.69, 9.17) is 0 Å². The smallest absolute Gasteiger partial charge is 0.293 e. The van der Waals surface area contributed by atoms with Crippen LogP contribution >= 0.6 is 0 Å². The Morgan fingerprint density at radius 3 is 2.68 bits per heavy atom. The number of hydrogen-bond acceptors (Lipinski definition) is 4. The van der Waals surface area contributed by atoms with Crippen molar-refractivity contribution in [3.8, 4) is 0 Å². The molecule has 0 unspecified atom stereocenters. The molecule has 1 heterocycles. The Labute approximate surface area is 105 Å². The first kappa shape index (κ1) is 12.7. The fraction of sp³-hybridized carbons (Fsp3) is 0.0909. The van der Waals surface area contributed by atoms with Gasteiger partial charge in [0.05, 0.1) is 17.7 Å². The molecule has 98 valence electrons. The standard InChI is InChI=1S/C11H8FN3O4/c12-8-6-14(11(17)13-10(8)16)5-7-3-1-2-4-9(7)15(18)19/h1-4,6H,5H2,(H,13,16,17). The maximum absolute atomic E-state index is 13.1. The number of para-hydroxylation sites is 1. The van der Waals surface area contributed by atoms with E-state index in [1.165, 1.54) is 18.2 Å². The van der Waals surface area contributed by atoms with Gasteiger partial charge in [0.15, 0.2) is 0 Å². The van der Waals surface area contributed by atoms with Crippen LogP contribution in [-0.2, 0) is 6.54 Å². The molecule has 8 heteroatoms. The number of nitro benzene ring substituents is 1. The molecule has 2 aromatic rings. The summed E-state index contributed by atoms with van der Waals surface area (Å²) in [6, 6.07) is 5.78. The van der Waals surface area contributed by atoms with Crippen LogP contribution in [-0.4, -0.2) is 14.5 Å². The van der Waals surface area contributed by atoms with Crippen molar-refractivity contribution in [2.24, 2.45) is 0 Å². The molecule has 0 fully saturated rings. The molecule has 0 amide bonds. The third-order valence-electron chi connectivity index (χ3n) is 2.50. The lowest BCUT2D eigenvalue weighted by atomic mass is 10.2. The third kappa shape index (κ3) is 2.57. The van der Waals surface area contributed by atoms with Gasteiger partial charge < -0.3 is 0 Å². The van der Waals surface area contributed by atoms with Crippen LogP contribution in [0.15, 0.2) is 40.1 Å². The summed E-state index contributed by atoms with van der Waals surface area (Å²) in [7, 11) is 0. The van der Waals surface area contributed by atoms with E-state index in [2.05, 4.69) is 0 Å². The number of nitrogens with one attached hydrogen (secondary N) is 1. The van der Waals surface area contributed by atoms with Gasteiger partial charge in [0.2, 0.25) is 5.82 Å². The molecule has 1 aromatic carbocycles. The summed E-state index contributed by atoms with van der Waals surface area (Å²) < 4.78 is 13.9. The maximum Gasteiger partial charge on any atom is 0.328 e. The van der Waals surface area contributed by atoms with Crippen LogP contribution in [0.25, 0.3) is 0 Å². The van der Waals surface area contributed by atoms with Gasteiger partial charge in [-0.3, -0.25) is 24.5 Å². The van der Waals surface area contributed by atoms with Crippen LogP contribution < -0.4 is 11.2 Å². The molecule has 7 nitrogen and oxygen atoms in total. The summed E-state index contributed by atoms with van der Waals surface area (Å²) in [4.78, 5) is 34.3. The number of aromatic nitrogens is 2. The van der Waals surface area contributed by atoms with Crippen molar-refractivity contribution in [2.45, 2.75) is 6.54 Å². The minimum absolute atomic E-state index is 0.180. The second-order valence-electron chi connectivity index (χ2n) is 3.75. The summed E-state index contributed by atoms with van der Waals surface area (Å²) >= 11 is 0. The second-order valence-corrected chi connectivity index (χ2v) is 3.75. The number of aromatic amines is 1. The highest BCUT2D eigenvalue weighted by atomic mass is 19.1. The SMILES string of the molecule is O=c1[nH]c(=O)n(Cc2ccccc2[N+](=O)[O-])cc1F. The normalized spacial score (nSPS) is 10.4. The number of nitro groups is 1. The number of halogens is 1. The predicted octanol–water partition coefficient (Wildman–Crippen LogP) is 0.632. The summed E-state index contributed by atoms with van der Waals surface area (Å²) in [5.74, 6) is -1.13. The van der Waals surface area contributed by atoms with E-state index >= 15 is 0 Å². The average molecular weight is 265 g/mol. The Morgan fingerprint density at radius 2 is 2.00 bits per heavy atom. The first-order valence-corrected chi connectivity index (χ1v) is 5.20. The Morgan fingerprint density at radius 1 is 1.32 bits per heavy atom. The average Bonchev–Trinajstić information content (AvgIpc) is 2.36. The predicted molar refractivity (Wildman–Crippen MR) is 63.5 cm³/mol. The van der Waals surface area contributed by atoms with Gasteiger partial charge in [0.1, 0.15) is 0 Å². The summed E-state index contributed by atoms with van der Waals surface area (Å²) in [5.41, 5.74) is -1.89. The third-order valence-corrected chi connectivity index (χ3v) is 2.50. The van der Waals surface area contributed by atoms with E-state index in [9.17, 15) is 24.1 Å². The molecule has 2 rings (SSSR count). The van der Waals surface area contributed by atoms with Gasteiger partial charge in [-0.15, -0.1) is 0 Å². The molecular weight excluding hydrogens is 257 g/mol. The number of benzene rings is 1. The lowest BCUT2D eigenvalue weighted by Crippen LogP contribution is -2.31. The zero-order chi connectivity index (χ0) is 14.0. The molecule has 1 N–H and O–H groups in total. The Kier molecular flexibility index (Phi) is 3.23. The zero-order valence-corrected chi connectivity index (χ0v) is 9.50. The molecule has 0 aliphatic rings. The van der Waals surface area contributed by atoms with Crippen LogP contribution in [0.4, 0.5) is 10.1 Å². The topological polar surface area (TPSA) is 98.0 Å². The summed E-state index contributed by atoms with van der Waals surface area (Å²) in [6.07, 6.45) is 0.720. The monoisotopic (exact) mass is 265 g/mol. The van der Waals surface area contributed by atoms with Crippen molar-refractivity contribution in [2.75, 3.05) is 0 Å². The van der Waals surface area contributed by atoms with E-state index in [0.717, 1.165) is 10.8 Å². The fourth-order valence-corrected chi connectivity index (χ4v) is 1.61. The minimum atomic E-state index is -1.13. The van der Waals surface area contributed by atoms with Crippen molar-refractivity contribution in [1.29, 1.82) is 0 Å². The lowest BCUT2D eigenvalue weighted by molar-refractivity contribution is -0.385. The van der Waals surface area contributed by atoms with E-state index in [0.29, 0.717) is 0 Å². The molecule has 0 saturated heterocycles. The molecule has 0 atom stereocenters. The van der Waals surface area contributed by atoms with E-state index in [1.54, 1.807) is 11.1 Å². The first-order chi connectivity index (χ1) is 8.99. The molecule has 0 aliphatic carbocycles. The Bertz CT molecular complexity index is 750. The highest BCUT2D eigenvalue weighted by molar-refractivity contribution is 5.39. The van der Waals surface area contributed by atoms with Crippen LogP contribution in [0, 0.1) is 15.9 Å². The van der Waals surface area contributed by atoms with Crippen molar-refractivity contribution in [3.63, 3.8) is 0 Å². The van der Waals surface area contributed by atoms with Crippen LogP contribution in [0.1, 0.15) is 5.56 Å². The number of rotatable bonds is 3. The van der Waals surface area contributed by atoms with Gasteiger partial charge in [-0.1, -0.05) is 18.2 Å². The van der Waals surface area contributed by atoms with Crippen molar-refractivity contribution < 1.29 is 9.31 Å². The quantitative estimate of drug-likeness (QED) is 0.650. The molecule has 0 saturated carbocycles. The van der Waals surface area contributed by atoms with Gasteiger partial charge in [-0.05, 0) is 0 Å². The molecule has 19 heavy (non-hydrogen) atoms. The zero-order valence-electron chi connectivity index (χ0n) is 9.50. The van der Waals surface area contributed by atoms with Crippen LogP contribution in [0.3, 0.4) is 0 Å². The molecule has 0 aliphatic heterocycles. The summed E-state index contributed by atoms with van der Waals surface area (Å²) in [6.45, 7) is -0.205. The largest absolute Gasteiger partial charge is 0.328 e. The van der Waals surface area contributed by atoms with Crippen molar-refractivity contribution in [1.82, 2.24) is 9.55 Å². The maximum atomic E-state index is 13.1. The second kappa shape index (κ2) is 4.84. The van der Waals surface area contributed by atoms with E-state index < -0.39 is 22.0 Å². The molecule has 1 aromatic heterocycles. The molecule has 0 radical (unpaired) electrons. The van der Waals surface area contributed by atoms with Gasteiger partial charge in [-0.2, -0.15) is 4.39 Å². The van der Waals surface area contributed by atoms with Gasteiger partial charge in [-0.25, -0.2) is 4.79 Å². The first-order valence-electron chi connectivity index (χ1n) is 5.20. The highest BCUT2D eigenvalue weighted by Crippen LogP contribution is 2.17.